The lowest BCUT2D eigenvalue weighted by molar-refractivity contribution is -0.137. The predicted molar refractivity (Wildman–Crippen MR) is 98.1 cm³/mol. The number of nitrogens with one attached hydrogen (secondary N) is 1. The van der Waals surface area contributed by atoms with Gasteiger partial charge < -0.3 is 15.2 Å². The van der Waals surface area contributed by atoms with E-state index < -0.39 is 18.0 Å². The first-order valence-electron chi connectivity index (χ1n) is 7.78. The number of benzene rings is 2. The SMILES string of the molecule is CC(Nc1sc2ccccc2c1C(=O)OCc1ccccc1)C(=O)O. The number of anilines is 1. The summed E-state index contributed by atoms with van der Waals surface area (Å²) in [5, 5.41) is 13.3. The number of carbonyl (C=O) groups excluding carboxylic acids is 1. The van der Waals surface area contributed by atoms with Crippen LogP contribution in [0.25, 0.3) is 10.1 Å². The Morgan fingerprint density at radius 1 is 1.12 bits per heavy atom. The second kappa shape index (κ2) is 7.36. The molecule has 0 bridgehead atoms. The van der Waals surface area contributed by atoms with Crippen molar-refractivity contribution < 1.29 is 19.4 Å². The van der Waals surface area contributed by atoms with Crippen LogP contribution in [-0.4, -0.2) is 23.1 Å². The van der Waals surface area contributed by atoms with Crippen LogP contribution in [0.3, 0.4) is 0 Å². The first-order chi connectivity index (χ1) is 12.1. The predicted octanol–water partition coefficient (Wildman–Crippen LogP) is 4.14. The first-order valence-corrected chi connectivity index (χ1v) is 8.60. The van der Waals surface area contributed by atoms with Gasteiger partial charge in [0.15, 0.2) is 0 Å². The van der Waals surface area contributed by atoms with Crippen LogP contribution < -0.4 is 5.32 Å². The summed E-state index contributed by atoms with van der Waals surface area (Å²) in [7, 11) is 0. The highest BCUT2D eigenvalue weighted by atomic mass is 32.1. The van der Waals surface area contributed by atoms with Crippen molar-refractivity contribution in [3.8, 4) is 0 Å². The molecule has 1 aromatic heterocycles. The van der Waals surface area contributed by atoms with E-state index >= 15 is 0 Å². The summed E-state index contributed by atoms with van der Waals surface area (Å²) in [5.41, 5.74) is 1.27. The monoisotopic (exact) mass is 355 g/mol. The summed E-state index contributed by atoms with van der Waals surface area (Å²) in [5.74, 6) is -1.46. The van der Waals surface area contributed by atoms with Gasteiger partial charge in [-0.05, 0) is 18.6 Å². The van der Waals surface area contributed by atoms with E-state index in [1.807, 2.05) is 54.6 Å². The molecule has 2 N–H and O–H groups in total. The number of esters is 1. The molecule has 3 rings (SSSR count). The maximum absolute atomic E-state index is 12.7. The standard InChI is InChI=1S/C19H17NO4S/c1-12(18(21)22)20-17-16(14-9-5-6-10-15(14)25-17)19(23)24-11-13-7-3-2-4-8-13/h2-10,12,20H,11H2,1H3,(H,21,22). The fourth-order valence-corrected chi connectivity index (χ4v) is 3.58. The summed E-state index contributed by atoms with van der Waals surface area (Å²) >= 11 is 1.34. The van der Waals surface area contributed by atoms with E-state index in [-0.39, 0.29) is 6.61 Å². The van der Waals surface area contributed by atoms with Crippen molar-refractivity contribution in [2.45, 2.75) is 19.6 Å². The average molecular weight is 355 g/mol. The zero-order valence-corrected chi connectivity index (χ0v) is 14.4. The summed E-state index contributed by atoms with van der Waals surface area (Å²) in [6.07, 6.45) is 0. The highest BCUT2D eigenvalue weighted by Gasteiger charge is 2.23. The van der Waals surface area contributed by atoms with Gasteiger partial charge in [0.2, 0.25) is 0 Å². The largest absolute Gasteiger partial charge is 0.480 e. The van der Waals surface area contributed by atoms with E-state index in [1.54, 1.807) is 0 Å². The van der Waals surface area contributed by atoms with Crippen LogP contribution in [0.2, 0.25) is 0 Å². The number of carboxylic acids is 1. The fraction of sp³-hybridized carbons (Fsp3) is 0.158. The molecule has 0 saturated heterocycles. The van der Waals surface area contributed by atoms with Crippen LogP contribution in [0.4, 0.5) is 5.00 Å². The Morgan fingerprint density at radius 3 is 2.52 bits per heavy atom. The van der Waals surface area contributed by atoms with Gasteiger partial charge in [-0.3, -0.25) is 4.79 Å². The molecule has 0 aliphatic heterocycles. The molecule has 0 fully saturated rings. The molecule has 1 atom stereocenters. The molecule has 2 aromatic carbocycles. The van der Waals surface area contributed by atoms with Crippen LogP contribution in [0.5, 0.6) is 0 Å². The van der Waals surface area contributed by atoms with Crippen molar-refractivity contribution in [2.24, 2.45) is 0 Å². The molecular weight excluding hydrogens is 338 g/mol. The van der Waals surface area contributed by atoms with Gasteiger partial charge in [-0.2, -0.15) is 0 Å². The third-order valence-electron chi connectivity index (χ3n) is 3.73. The number of fused-ring (bicyclic) bond motifs is 1. The maximum Gasteiger partial charge on any atom is 0.342 e. The number of carbonyl (C=O) groups is 2. The third-order valence-corrected chi connectivity index (χ3v) is 4.83. The Kier molecular flexibility index (Phi) is 5.00. The number of hydrogen-bond acceptors (Lipinski definition) is 5. The lowest BCUT2D eigenvalue weighted by Crippen LogP contribution is -2.25. The molecule has 1 unspecified atom stereocenters. The summed E-state index contributed by atoms with van der Waals surface area (Å²) in [6, 6.07) is 16.0. The molecule has 3 aromatic rings. The van der Waals surface area contributed by atoms with Gasteiger partial charge in [0.05, 0.1) is 0 Å². The molecule has 0 radical (unpaired) electrons. The molecule has 1 heterocycles. The van der Waals surface area contributed by atoms with Crippen LogP contribution in [0.1, 0.15) is 22.8 Å². The number of ether oxygens (including phenoxy) is 1. The minimum Gasteiger partial charge on any atom is -0.480 e. The highest BCUT2D eigenvalue weighted by Crippen LogP contribution is 2.36. The fourth-order valence-electron chi connectivity index (χ4n) is 2.40. The zero-order valence-electron chi connectivity index (χ0n) is 13.6. The van der Waals surface area contributed by atoms with E-state index in [4.69, 9.17) is 9.84 Å². The Hall–Kier alpha value is -2.86. The van der Waals surface area contributed by atoms with Crippen molar-refractivity contribution >= 4 is 38.4 Å². The van der Waals surface area contributed by atoms with Gasteiger partial charge in [-0.1, -0.05) is 48.5 Å². The Morgan fingerprint density at radius 2 is 1.80 bits per heavy atom. The van der Waals surface area contributed by atoms with Gasteiger partial charge in [0.25, 0.3) is 0 Å². The summed E-state index contributed by atoms with van der Waals surface area (Å²) in [4.78, 5) is 23.8. The topological polar surface area (TPSA) is 75.6 Å². The number of aliphatic carboxylic acids is 1. The van der Waals surface area contributed by atoms with E-state index in [9.17, 15) is 9.59 Å². The van der Waals surface area contributed by atoms with E-state index in [2.05, 4.69) is 5.32 Å². The molecule has 0 aliphatic rings. The number of hydrogen-bond donors (Lipinski definition) is 2. The number of thiophene rings is 1. The summed E-state index contributed by atoms with van der Waals surface area (Å²) in [6.45, 7) is 1.70. The molecule has 25 heavy (non-hydrogen) atoms. The van der Waals surface area contributed by atoms with Crippen molar-refractivity contribution in [1.82, 2.24) is 0 Å². The maximum atomic E-state index is 12.7. The van der Waals surface area contributed by atoms with Gasteiger partial charge in [0, 0.05) is 10.1 Å². The van der Waals surface area contributed by atoms with E-state index in [0.29, 0.717) is 10.6 Å². The Bertz CT molecular complexity index is 904. The quantitative estimate of drug-likeness (QED) is 0.650. The lowest BCUT2D eigenvalue weighted by Gasteiger charge is -2.11. The minimum absolute atomic E-state index is 0.164. The Labute approximate surface area is 148 Å². The average Bonchev–Trinajstić information content (AvgIpc) is 2.98. The van der Waals surface area contributed by atoms with E-state index in [1.165, 1.54) is 18.3 Å². The van der Waals surface area contributed by atoms with Gasteiger partial charge >= 0.3 is 11.9 Å². The molecule has 0 saturated carbocycles. The van der Waals surface area contributed by atoms with Crippen molar-refractivity contribution in [2.75, 3.05) is 5.32 Å². The minimum atomic E-state index is -0.985. The second-order valence-electron chi connectivity index (χ2n) is 5.57. The normalized spacial score (nSPS) is 11.9. The molecule has 0 amide bonds. The highest BCUT2D eigenvalue weighted by molar-refractivity contribution is 7.23. The van der Waals surface area contributed by atoms with Crippen molar-refractivity contribution in [3.05, 3.63) is 65.7 Å². The number of rotatable bonds is 6. The van der Waals surface area contributed by atoms with Crippen LogP contribution in [0, 0.1) is 0 Å². The van der Waals surface area contributed by atoms with Gasteiger partial charge in [-0.25, -0.2) is 4.79 Å². The van der Waals surface area contributed by atoms with Crippen molar-refractivity contribution in [1.29, 1.82) is 0 Å². The van der Waals surface area contributed by atoms with Gasteiger partial charge in [0.1, 0.15) is 23.2 Å². The molecular formula is C19H17NO4S. The molecule has 128 valence electrons. The molecule has 6 heteroatoms. The van der Waals surface area contributed by atoms with Crippen LogP contribution in [-0.2, 0) is 16.1 Å². The smallest absolute Gasteiger partial charge is 0.342 e. The van der Waals surface area contributed by atoms with Crippen molar-refractivity contribution in [3.63, 3.8) is 0 Å². The summed E-state index contributed by atoms with van der Waals surface area (Å²) < 4.78 is 6.34. The lowest BCUT2D eigenvalue weighted by atomic mass is 10.1. The third kappa shape index (κ3) is 3.80. The van der Waals surface area contributed by atoms with Gasteiger partial charge in [-0.15, -0.1) is 11.3 Å². The number of carboxylic acid groups (broad SMARTS) is 1. The van der Waals surface area contributed by atoms with Crippen LogP contribution in [0.15, 0.2) is 54.6 Å². The molecule has 5 nitrogen and oxygen atoms in total. The first kappa shape index (κ1) is 17.0. The van der Waals surface area contributed by atoms with E-state index in [0.717, 1.165) is 15.6 Å². The molecule has 0 aliphatic carbocycles. The zero-order chi connectivity index (χ0) is 17.8. The van der Waals surface area contributed by atoms with Crippen LogP contribution >= 0.6 is 11.3 Å². The second-order valence-corrected chi connectivity index (χ2v) is 6.62. The Balaban J connectivity index is 1.89. The molecule has 0 spiro atoms.